The van der Waals surface area contributed by atoms with E-state index >= 15 is 0 Å². The first-order valence-corrected chi connectivity index (χ1v) is 6.33. The van der Waals surface area contributed by atoms with Crippen LogP contribution in [0.15, 0.2) is 24.3 Å². The molecule has 104 valence electrons. The Labute approximate surface area is 124 Å². The maximum atomic E-state index is 13.1. The Morgan fingerprint density at radius 2 is 2.05 bits per heavy atom. The quantitative estimate of drug-likeness (QED) is 0.656. The Bertz CT molecular complexity index is 668. The van der Waals surface area contributed by atoms with Crippen LogP contribution in [-0.2, 0) is 0 Å². The normalized spacial score (nSPS) is 10.4. The predicted molar refractivity (Wildman–Crippen MR) is 77.8 cm³/mol. The molecule has 4 nitrogen and oxygen atoms in total. The lowest BCUT2D eigenvalue weighted by Gasteiger charge is -2.10. The molecule has 20 heavy (non-hydrogen) atoms. The van der Waals surface area contributed by atoms with E-state index in [9.17, 15) is 9.18 Å². The van der Waals surface area contributed by atoms with Crippen molar-refractivity contribution in [3.8, 4) is 0 Å². The summed E-state index contributed by atoms with van der Waals surface area (Å²) >= 11 is 11.7. The molecule has 1 aromatic heterocycles. The van der Waals surface area contributed by atoms with Crippen LogP contribution >= 0.6 is 23.2 Å². The van der Waals surface area contributed by atoms with Crippen molar-refractivity contribution in [1.82, 2.24) is 4.98 Å². The zero-order valence-electron chi connectivity index (χ0n) is 10.4. The number of carbonyl (C=O) groups excluding carboxylic acids is 1. The Morgan fingerprint density at radius 3 is 2.65 bits per heavy atom. The summed E-state index contributed by atoms with van der Waals surface area (Å²) in [6, 6.07) is 5.27. The fraction of sp³-hybridized carbons (Fsp3) is 0.0769. The van der Waals surface area contributed by atoms with E-state index in [4.69, 9.17) is 28.9 Å². The number of benzene rings is 1. The number of aryl methyl sites for hydroxylation is 1. The number of rotatable bonds is 2. The average molecular weight is 314 g/mol. The van der Waals surface area contributed by atoms with Crippen molar-refractivity contribution in [2.75, 3.05) is 11.1 Å². The van der Waals surface area contributed by atoms with Crippen molar-refractivity contribution in [1.29, 1.82) is 0 Å². The summed E-state index contributed by atoms with van der Waals surface area (Å²) in [4.78, 5) is 15.9. The maximum absolute atomic E-state index is 13.1. The van der Waals surface area contributed by atoms with Gasteiger partial charge in [-0.2, -0.15) is 0 Å². The third-order valence-electron chi connectivity index (χ3n) is 2.64. The standard InChI is InChI=1S/C13H10Cl2FN3O/c1-6-4-10(14)18-12(15)11(6)19-13(20)7-2-3-8(16)9(17)5-7/h2-5H,17H2,1H3,(H,19,20). The van der Waals surface area contributed by atoms with Gasteiger partial charge in [0.25, 0.3) is 5.91 Å². The zero-order valence-corrected chi connectivity index (χ0v) is 11.9. The fourth-order valence-electron chi connectivity index (χ4n) is 1.62. The summed E-state index contributed by atoms with van der Waals surface area (Å²) in [6.45, 7) is 1.73. The first kappa shape index (κ1) is 14.6. The Hall–Kier alpha value is -1.85. The molecule has 0 atom stereocenters. The van der Waals surface area contributed by atoms with Crippen LogP contribution in [0.25, 0.3) is 0 Å². The van der Waals surface area contributed by atoms with E-state index in [1.165, 1.54) is 12.1 Å². The zero-order chi connectivity index (χ0) is 14.9. The lowest BCUT2D eigenvalue weighted by atomic mass is 10.1. The van der Waals surface area contributed by atoms with Gasteiger partial charge in [0.05, 0.1) is 11.4 Å². The van der Waals surface area contributed by atoms with E-state index in [-0.39, 0.29) is 21.6 Å². The van der Waals surface area contributed by atoms with Crippen LogP contribution < -0.4 is 11.1 Å². The number of nitrogens with one attached hydrogen (secondary N) is 1. The largest absolute Gasteiger partial charge is 0.396 e. The second kappa shape index (κ2) is 5.64. The first-order valence-electron chi connectivity index (χ1n) is 5.57. The van der Waals surface area contributed by atoms with Gasteiger partial charge < -0.3 is 11.1 Å². The van der Waals surface area contributed by atoms with Gasteiger partial charge in [-0.25, -0.2) is 9.37 Å². The number of nitrogens with two attached hydrogens (primary N) is 1. The lowest BCUT2D eigenvalue weighted by Crippen LogP contribution is -2.14. The number of anilines is 2. The smallest absolute Gasteiger partial charge is 0.255 e. The molecule has 0 unspecified atom stereocenters. The maximum Gasteiger partial charge on any atom is 0.255 e. The molecule has 3 N–H and O–H groups in total. The van der Waals surface area contributed by atoms with E-state index < -0.39 is 11.7 Å². The van der Waals surface area contributed by atoms with Crippen LogP contribution in [0, 0.1) is 12.7 Å². The third-order valence-corrected chi connectivity index (χ3v) is 3.11. The van der Waals surface area contributed by atoms with Gasteiger partial charge in [-0.05, 0) is 36.8 Å². The predicted octanol–water partition coefficient (Wildman–Crippen LogP) is 3.67. The number of amides is 1. The molecule has 2 rings (SSSR count). The number of nitrogen functional groups attached to an aromatic ring is 1. The topological polar surface area (TPSA) is 68.0 Å². The molecule has 0 aliphatic carbocycles. The molecule has 0 saturated heterocycles. The van der Waals surface area contributed by atoms with Crippen LogP contribution in [0.5, 0.6) is 0 Å². The highest BCUT2D eigenvalue weighted by Gasteiger charge is 2.13. The minimum atomic E-state index is -0.580. The molecule has 1 heterocycles. The molecule has 7 heteroatoms. The highest BCUT2D eigenvalue weighted by atomic mass is 35.5. The molecule has 0 aliphatic rings. The van der Waals surface area contributed by atoms with Crippen molar-refractivity contribution in [2.45, 2.75) is 6.92 Å². The molecular weight excluding hydrogens is 304 g/mol. The summed E-state index contributed by atoms with van der Waals surface area (Å²) in [7, 11) is 0. The molecule has 0 saturated carbocycles. The summed E-state index contributed by atoms with van der Waals surface area (Å²) in [5, 5.41) is 2.91. The van der Waals surface area contributed by atoms with Gasteiger partial charge in [0.1, 0.15) is 11.0 Å². The number of aromatic nitrogens is 1. The van der Waals surface area contributed by atoms with Crippen molar-refractivity contribution in [2.24, 2.45) is 0 Å². The molecule has 0 fully saturated rings. The number of pyridine rings is 1. The van der Waals surface area contributed by atoms with Crippen LogP contribution in [-0.4, -0.2) is 10.9 Å². The molecule has 0 bridgehead atoms. The van der Waals surface area contributed by atoms with E-state index in [1.807, 2.05) is 0 Å². The van der Waals surface area contributed by atoms with E-state index in [0.29, 0.717) is 11.3 Å². The number of carbonyl (C=O) groups is 1. The summed E-state index contributed by atoms with van der Waals surface area (Å²) in [5.74, 6) is -1.05. The lowest BCUT2D eigenvalue weighted by molar-refractivity contribution is 0.102. The van der Waals surface area contributed by atoms with Gasteiger partial charge in [-0.15, -0.1) is 0 Å². The average Bonchev–Trinajstić information content (AvgIpc) is 2.36. The van der Waals surface area contributed by atoms with Crippen molar-refractivity contribution < 1.29 is 9.18 Å². The Balaban J connectivity index is 2.30. The van der Waals surface area contributed by atoms with E-state index in [2.05, 4.69) is 10.3 Å². The second-order valence-corrected chi connectivity index (χ2v) is 4.86. The number of halogens is 3. The van der Waals surface area contributed by atoms with Crippen molar-refractivity contribution in [3.63, 3.8) is 0 Å². The molecule has 2 aromatic rings. The molecule has 0 radical (unpaired) electrons. The Kier molecular flexibility index (Phi) is 4.11. The summed E-state index contributed by atoms with van der Waals surface area (Å²) in [6.07, 6.45) is 0. The number of hydrogen-bond acceptors (Lipinski definition) is 3. The number of nitrogens with zero attached hydrogens (tertiary/aromatic N) is 1. The summed E-state index contributed by atoms with van der Waals surface area (Å²) in [5.41, 5.74) is 6.55. The third kappa shape index (κ3) is 3.00. The Morgan fingerprint density at radius 1 is 1.35 bits per heavy atom. The van der Waals surface area contributed by atoms with Gasteiger partial charge >= 0.3 is 0 Å². The highest BCUT2D eigenvalue weighted by molar-refractivity contribution is 6.35. The van der Waals surface area contributed by atoms with Crippen molar-refractivity contribution in [3.05, 3.63) is 51.5 Å². The molecule has 1 aromatic carbocycles. The van der Waals surface area contributed by atoms with E-state index in [0.717, 1.165) is 6.07 Å². The summed E-state index contributed by atoms with van der Waals surface area (Å²) < 4.78 is 13.1. The molecule has 0 spiro atoms. The first-order chi connectivity index (χ1) is 9.38. The van der Waals surface area contributed by atoms with E-state index in [1.54, 1.807) is 13.0 Å². The van der Waals surface area contributed by atoms with Crippen LogP contribution in [0.4, 0.5) is 15.8 Å². The highest BCUT2D eigenvalue weighted by Crippen LogP contribution is 2.27. The van der Waals surface area contributed by atoms with Gasteiger partial charge in [-0.1, -0.05) is 23.2 Å². The van der Waals surface area contributed by atoms with Crippen LogP contribution in [0.1, 0.15) is 15.9 Å². The van der Waals surface area contributed by atoms with Gasteiger partial charge in [-0.3, -0.25) is 4.79 Å². The van der Waals surface area contributed by atoms with Gasteiger partial charge in [0, 0.05) is 5.56 Å². The second-order valence-electron chi connectivity index (χ2n) is 4.12. The molecule has 1 amide bonds. The molecular formula is C13H10Cl2FN3O. The SMILES string of the molecule is Cc1cc(Cl)nc(Cl)c1NC(=O)c1ccc(F)c(N)c1. The fourth-order valence-corrected chi connectivity index (χ4v) is 2.20. The van der Waals surface area contributed by atoms with Gasteiger partial charge in [0.15, 0.2) is 5.15 Å². The van der Waals surface area contributed by atoms with Gasteiger partial charge in [0.2, 0.25) is 0 Å². The van der Waals surface area contributed by atoms with Crippen LogP contribution in [0.2, 0.25) is 10.3 Å². The van der Waals surface area contributed by atoms with Crippen molar-refractivity contribution >= 4 is 40.5 Å². The minimum absolute atomic E-state index is 0.0819. The minimum Gasteiger partial charge on any atom is -0.396 e. The number of hydrogen-bond donors (Lipinski definition) is 2. The van der Waals surface area contributed by atoms with Crippen LogP contribution in [0.3, 0.4) is 0 Å². The monoisotopic (exact) mass is 313 g/mol. The molecule has 0 aliphatic heterocycles.